The van der Waals surface area contributed by atoms with Gasteiger partial charge in [-0.2, -0.15) is 0 Å². The number of likely N-dealkylation sites (tertiary alicyclic amines) is 1. The molecule has 2 atom stereocenters. The molecule has 2 aromatic rings. The topological polar surface area (TPSA) is 68.5 Å². The van der Waals surface area contributed by atoms with E-state index in [9.17, 15) is 9.18 Å². The van der Waals surface area contributed by atoms with Crippen molar-refractivity contribution in [1.82, 2.24) is 15.2 Å². The van der Waals surface area contributed by atoms with Crippen molar-refractivity contribution in [1.29, 1.82) is 0 Å². The summed E-state index contributed by atoms with van der Waals surface area (Å²) in [6.45, 7) is 3.04. The number of halogens is 1. The third-order valence-electron chi connectivity index (χ3n) is 4.80. The van der Waals surface area contributed by atoms with Gasteiger partial charge in [0.05, 0.1) is 12.5 Å². The number of nitrogens with zero attached hydrogens (tertiary/aromatic N) is 3. The van der Waals surface area contributed by atoms with Crippen molar-refractivity contribution in [2.75, 3.05) is 20.2 Å². The number of hydrogen-bond donors (Lipinski definition) is 0. The molecule has 0 spiro atoms. The second-order valence-electron chi connectivity index (χ2n) is 6.47. The molecule has 0 aliphatic carbocycles. The summed E-state index contributed by atoms with van der Waals surface area (Å²) >= 11 is 0. The number of amides is 1. The van der Waals surface area contributed by atoms with Crippen molar-refractivity contribution in [3.8, 4) is 0 Å². The zero-order chi connectivity index (χ0) is 17.8. The quantitative estimate of drug-likeness (QED) is 0.829. The zero-order valence-corrected chi connectivity index (χ0v) is 14.4. The van der Waals surface area contributed by atoms with Crippen LogP contribution in [0, 0.1) is 18.7 Å². The van der Waals surface area contributed by atoms with Crippen LogP contribution in [0.1, 0.15) is 23.4 Å². The predicted molar refractivity (Wildman–Crippen MR) is 88.3 cm³/mol. The van der Waals surface area contributed by atoms with Gasteiger partial charge in [-0.15, -0.1) is 0 Å². The molecule has 25 heavy (non-hydrogen) atoms. The molecule has 0 unspecified atom stereocenters. The van der Waals surface area contributed by atoms with Crippen LogP contribution >= 0.6 is 0 Å². The molecule has 1 amide bonds. The molecule has 3 rings (SSSR count). The fourth-order valence-corrected chi connectivity index (χ4v) is 3.33. The molecule has 0 saturated carbocycles. The molecule has 0 radical (unpaired) electrons. The molecule has 1 aromatic heterocycles. The monoisotopic (exact) mass is 347 g/mol. The van der Waals surface area contributed by atoms with Crippen molar-refractivity contribution in [3.63, 3.8) is 0 Å². The SMILES string of the molecule is CO[C@H]1CCN(C(=O)Cc2nonc2C)C[C@H]1Cc1ccc(F)cc1. The summed E-state index contributed by atoms with van der Waals surface area (Å²) in [6, 6.07) is 6.49. The Balaban J connectivity index is 1.66. The third kappa shape index (κ3) is 4.22. The van der Waals surface area contributed by atoms with E-state index in [1.165, 1.54) is 12.1 Å². The Hall–Kier alpha value is -2.28. The van der Waals surface area contributed by atoms with Gasteiger partial charge in [0.25, 0.3) is 0 Å². The molecule has 1 saturated heterocycles. The molecule has 6 nitrogen and oxygen atoms in total. The van der Waals surface area contributed by atoms with Crippen LogP contribution in [0.2, 0.25) is 0 Å². The minimum absolute atomic E-state index is 0.0115. The van der Waals surface area contributed by atoms with E-state index in [1.54, 1.807) is 26.2 Å². The Morgan fingerprint density at radius 2 is 2.12 bits per heavy atom. The highest BCUT2D eigenvalue weighted by Gasteiger charge is 2.32. The predicted octanol–water partition coefficient (Wildman–Crippen LogP) is 2.17. The molecule has 2 heterocycles. The number of aromatic nitrogens is 2. The van der Waals surface area contributed by atoms with Gasteiger partial charge in [-0.25, -0.2) is 9.02 Å². The van der Waals surface area contributed by atoms with Crippen LogP contribution in [-0.4, -0.2) is 47.4 Å². The van der Waals surface area contributed by atoms with E-state index < -0.39 is 0 Å². The van der Waals surface area contributed by atoms with Gasteiger partial charge in [0.15, 0.2) is 0 Å². The maximum absolute atomic E-state index is 13.1. The summed E-state index contributed by atoms with van der Waals surface area (Å²) in [7, 11) is 1.70. The first-order valence-corrected chi connectivity index (χ1v) is 8.40. The lowest BCUT2D eigenvalue weighted by molar-refractivity contribution is -0.135. The van der Waals surface area contributed by atoms with E-state index in [0.29, 0.717) is 24.5 Å². The van der Waals surface area contributed by atoms with Crippen LogP contribution in [0.15, 0.2) is 28.9 Å². The molecule has 1 aliphatic rings. The van der Waals surface area contributed by atoms with Crippen molar-refractivity contribution < 1.29 is 18.6 Å². The summed E-state index contributed by atoms with van der Waals surface area (Å²) in [5, 5.41) is 7.49. The van der Waals surface area contributed by atoms with E-state index in [4.69, 9.17) is 4.74 Å². The molecular formula is C18H22FN3O3. The first-order chi connectivity index (χ1) is 12.1. The fourth-order valence-electron chi connectivity index (χ4n) is 3.33. The van der Waals surface area contributed by atoms with Gasteiger partial charge in [0.2, 0.25) is 5.91 Å². The van der Waals surface area contributed by atoms with Crippen molar-refractivity contribution in [3.05, 3.63) is 47.0 Å². The molecule has 7 heteroatoms. The maximum Gasteiger partial charge on any atom is 0.228 e. The molecular weight excluding hydrogens is 325 g/mol. The molecule has 0 bridgehead atoms. The lowest BCUT2D eigenvalue weighted by atomic mass is 9.88. The van der Waals surface area contributed by atoms with Crippen LogP contribution in [0.3, 0.4) is 0 Å². The number of ether oxygens (including phenoxy) is 1. The minimum atomic E-state index is -0.246. The smallest absolute Gasteiger partial charge is 0.228 e. The summed E-state index contributed by atoms with van der Waals surface area (Å²) in [6.07, 6.45) is 1.80. The fraction of sp³-hybridized carbons (Fsp3) is 0.500. The van der Waals surface area contributed by atoms with Crippen LogP contribution < -0.4 is 0 Å². The molecule has 1 fully saturated rings. The Labute approximate surface area is 145 Å². The third-order valence-corrected chi connectivity index (χ3v) is 4.80. The Kier molecular flexibility index (Phi) is 5.43. The first-order valence-electron chi connectivity index (χ1n) is 8.40. The van der Waals surface area contributed by atoms with E-state index in [0.717, 1.165) is 18.4 Å². The number of aryl methyl sites for hydroxylation is 1. The van der Waals surface area contributed by atoms with Gasteiger partial charge in [-0.1, -0.05) is 22.4 Å². The number of hydrogen-bond acceptors (Lipinski definition) is 5. The van der Waals surface area contributed by atoms with E-state index >= 15 is 0 Å². The van der Waals surface area contributed by atoms with Crippen LogP contribution in [-0.2, 0) is 22.4 Å². The van der Waals surface area contributed by atoms with Gasteiger partial charge in [-0.3, -0.25) is 4.79 Å². The second kappa shape index (κ2) is 7.74. The molecule has 0 N–H and O–H groups in total. The normalized spacial score (nSPS) is 20.7. The van der Waals surface area contributed by atoms with Gasteiger partial charge < -0.3 is 9.64 Å². The Morgan fingerprint density at radius 1 is 1.36 bits per heavy atom. The number of rotatable bonds is 5. The van der Waals surface area contributed by atoms with Crippen LogP contribution in [0.5, 0.6) is 0 Å². The summed E-state index contributed by atoms with van der Waals surface area (Å²) in [5.74, 6) is -0.0637. The highest BCUT2D eigenvalue weighted by atomic mass is 19.1. The first kappa shape index (κ1) is 17.5. The number of methoxy groups -OCH3 is 1. The molecule has 1 aliphatic heterocycles. The van der Waals surface area contributed by atoms with Gasteiger partial charge in [0.1, 0.15) is 17.2 Å². The van der Waals surface area contributed by atoms with Gasteiger partial charge in [0, 0.05) is 26.1 Å². The largest absolute Gasteiger partial charge is 0.381 e. The highest BCUT2D eigenvalue weighted by molar-refractivity contribution is 5.78. The van der Waals surface area contributed by atoms with Gasteiger partial charge >= 0.3 is 0 Å². The van der Waals surface area contributed by atoms with E-state index in [2.05, 4.69) is 14.9 Å². The second-order valence-corrected chi connectivity index (χ2v) is 6.47. The minimum Gasteiger partial charge on any atom is -0.381 e. The van der Waals surface area contributed by atoms with E-state index in [1.807, 2.05) is 4.90 Å². The summed E-state index contributed by atoms with van der Waals surface area (Å²) in [5.41, 5.74) is 2.26. The lowest BCUT2D eigenvalue weighted by Crippen LogP contribution is -2.47. The number of carbonyl (C=O) groups is 1. The average Bonchev–Trinajstić information content (AvgIpc) is 3.01. The summed E-state index contributed by atoms with van der Waals surface area (Å²) < 4.78 is 23.4. The number of carbonyl (C=O) groups excluding carboxylic acids is 1. The van der Waals surface area contributed by atoms with Crippen LogP contribution in [0.25, 0.3) is 0 Å². The number of benzene rings is 1. The Morgan fingerprint density at radius 3 is 2.76 bits per heavy atom. The lowest BCUT2D eigenvalue weighted by Gasteiger charge is -2.38. The van der Waals surface area contributed by atoms with Gasteiger partial charge in [-0.05, 0) is 37.5 Å². The standard InChI is InChI=1S/C18H22FN3O3/c1-12-16(21-25-20-12)10-18(23)22-8-7-17(24-2)14(11-22)9-13-3-5-15(19)6-4-13/h3-6,14,17H,7-11H2,1-2H3/t14-,17+/m1/s1. The number of piperidine rings is 1. The maximum atomic E-state index is 13.1. The van der Waals surface area contributed by atoms with Crippen molar-refractivity contribution in [2.24, 2.45) is 5.92 Å². The summed E-state index contributed by atoms with van der Waals surface area (Å²) in [4.78, 5) is 14.4. The van der Waals surface area contributed by atoms with Crippen molar-refractivity contribution >= 4 is 5.91 Å². The Bertz CT molecular complexity index is 717. The van der Waals surface area contributed by atoms with E-state index in [-0.39, 0.29) is 30.2 Å². The van der Waals surface area contributed by atoms with Crippen molar-refractivity contribution in [2.45, 2.75) is 32.3 Å². The average molecular weight is 347 g/mol. The highest BCUT2D eigenvalue weighted by Crippen LogP contribution is 2.24. The molecule has 134 valence electrons. The van der Waals surface area contributed by atoms with Crippen LogP contribution in [0.4, 0.5) is 4.39 Å². The zero-order valence-electron chi connectivity index (χ0n) is 14.4. The molecule has 1 aromatic carbocycles.